The molecule has 0 radical (unpaired) electrons. The molecule has 3 aromatic carbocycles. The van der Waals surface area contributed by atoms with E-state index in [4.69, 9.17) is 9.47 Å². The average molecular weight is 503 g/mol. The van der Waals surface area contributed by atoms with E-state index < -0.39 is 6.04 Å². The van der Waals surface area contributed by atoms with Crippen molar-refractivity contribution in [3.05, 3.63) is 95.6 Å². The van der Waals surface area contributed by atoms with Crippen molar-refractivity contribution in [1.29, 1.82) is 0 Å². The first-order valence-corrected chi connectivity index (χ1v) is 12.9. The zero-order valence-electron chi connectivity index (χ0n) is 22.1. The Hall–Kier alpha value is -3.80. The third-order valence-corrected chi connectivity index (χ3v) is 6.29. The fourth-order valence-corrected chi connectivity index (χ4v) is 4.12. The summed E-state index contributed by atoms with van der Waals surface area (Å²) in [5.41, 5.74) is 3.15. The van der Waals surface area contributed by atoms with Gasteiger partial charge in [0, 0.05) is 25.9 Å². The molecule has 6 heteroatoms. The van der Waals surface area contributed by atoms with Crippen LogP contribution in [0.3, 0.4) is 0 Å². The van der Waals surface area contributed by atoms with E-state index in [0.29, 0.717) is 32.5 Å². The molecule has 2 amide bonds. The van der Waals surface area contributed by atoms with Crippen LogP contribution in [0.4, 0.5) is 0 Å². The van der Waals surface area contributed by atoms with Gasteiger partial charge >= 0.3 is 0 Å². The molecule has 3 aromatic rings. The highest BCUT2D eigenvalue weighted by Gasteiger charge is 2.30. The normalized spacial score (nSPS) is 11.4. The molecular formula is C31H38N2O4. The van der Waals surface area contributed by atoms with Gasteiger partial charge in [-0.3, -0.25) is 9.59 Å². The van der Waals surface area contributed by atoms with Crippen LogP contribution in [0.5, 0.6) is 11.5 Å². The summed E-state index contributed by atoms with van der Waals surface area (Å²) in [4.78, 5) is 28.7. The van der Waals surface area contributed by atoms with Gasteiger partial charge in [0.05, 0.1) is 13.7 Å². The summed E-state index contributed by atoms with van der Waals surface area (Å²) in [6, 6.07) is 24.6. The third kappa shape index (κ3) is 8.67. The van der Waals surface area contributed by atoms with Gasteiger partial charge in [0.2, 0.25) is 11.8 Å². The van der Waals surface area contributed by atoms with Crippen LogP contribution in [0, 0.1) is 6.92 Å². The highest BCUT2D eigenvalue weighted by molar-refractivity contribution is 5.88. The van der Waals surface area contributed by atoms with E-state index in [9.17, 15) is 9.59 Å². The lowest BCUT2D eigenvalue weighted by molar-refractivity contribution is -0.141. The lowest BCUT2D eigenvalue weighted by atomic mass is 10.0. The van der Waals surface area contributed by atoms with Crippen LogP contribution in [0.2, 0.25) is 0 Å². The maximum Gasteiger partial charge on any atom is 0.243 e. The molecule has 0 bridgehead atoms. The fourth-order valence-electron chi connectivity index (χ4n) is 4.12. The first-order valence-electron chi connectivity index (χ1n) is 12.9. The van der Waals surface area contributed by atoms with E-state index in [1.54, 1.807) is 12.0 Å². The average Bonchev–Trinajstić information content (AvgIpc) is 2.93. The summed E-state index contributed by atoms with van der Waals surface area (Å²) in [6.07, 6.45) is 2.12. The summed E-state index contributed by atoms with van der Waals surface area (Å²) in [5.74, 6) is 1.31. The Kier molecular flexibility index (Phi) is 11.0. The van der Waals surface area contributed by atoms with Crippen LogP contribution in [0.1, 0.15) is 42.9 Å². The molecule has 0 aromatic heterocycles. The number of carbonyl (C=O) groups is 2. The molecule has 1 unspecified atom stereocenters. The monoisotopic (exact) mass is 502 g/mol. The highest BCUT2D eigenvalue weighted by Crippen LogP contribution is 2.20. The molecule has 0 aliphatic heterocycles. The summed E-state index contributed by atoms with van der Waals surface area (Å²) in [5, 5.41) is 3.02. The Morgan fingerprint density at radius 1 is 0.919 bits per heavy atom. The molecule has 0 fully saturated rings. The summed E-state index contributed by atoms with van der Waals surface area (Å²) >= 11 is 0. The van der Waals surface area contributed by atoms with Crippen molar-refractivity contribution >= 4 is 11.8 Å². The quantitative estimate of drug-likeness (QED) is 0.303. The van der Waals surface area contributed by atoms with E-state index in [1.165, 1.54) is 0 Å². The van der Waals surface area contributed by atoms with Crippen molar-refractivity contribution in [2.75, 3.05) is 20.3 Å². The number of ether oxygens (including phenoxy) is 2. The van der Waals surface area contributed by atoms with Gasteiger partial charge in [0.25, 0.3) is 0 Å². The van der Waals surface area contributed by atoms with Gasteiger partial charge in [-0.1, -0.05) is 61.5 Å². The predicted molar refractivity (Wildman–Crippen MR) is 147 cm³/mol. The number of rotatable bonds is 14. The summed E-state index contributed by atoms with van der Waals surface area (Å²) in [6.45, 7) is 5.41. The van der Waals surface area contributed by atoms with Gasteiger partial charge < -0.3 is 19.7 Å². The highest BCUT2D eigenvalue weighted by atomic mass is 16.5. The van der Waals surface area contributed by atoms with E-state index in [-0.39, 0.29) is 18.2 Å². The van der Waals surface area contributed by atoms with E-state index in [2.05, 4.69) is 5.32 Å². The van der Waals surface area contributed by atoms with Crippen molar-refractivity contribution < 1.29 is 19.1 Å². The summed E-state index contributed by atoms with van der Waals surface area (Å²) in [7, 11) is 1.62. The largest absolute Gasteiger partial charge is 0.497 e. The Bertz CT molecular complexity index is 1120. The molecule has 0 saturated heterocycles. The van der Waals surface area contributed by atoms with Crippen LogP contribution in [0.15, 0.2) is 78.9 Å². The van der Waals surface area contributed by atoms with E-state index >= 15 is 0 Å². The molecule has 1 atom stereocenters. The van der Waals surface area contributed by atoms with Crippen LogP contribution in [-0.2, 0) is 22.6 Å². The van der Waals surface area contributed by atoms with Gasteiger partial charge in [-0.15, -0.1) is 0 Å². The van der Waals surface area contributed by atoms with Crippen molar-refractivity contribution in [2.45, 2.75) is 52.1 Å². The van der Waals surface area contributed by atoms with Gasteiger partial charge in [0.15, 0.2) is 0 Å². The zero-order valence-corrected chi connectivity index (χ0v) is 22.1. The molecule has 0 aliphatic rings. The SMILES string of the molecule is CCCNC(=O)C(Cc1ccccc1)N(Cc1ccccc1C)C(=O)CCCOc1ccc(OC)cc1. The minimum atomic E-state index is -0.608. The Morgan fingerprint density at radius 2 is 1.59 bits per heavy atom. The predicted octanol–water partition coefficient (Wildman–Crippen LogP) is 5.33. The molecular weight excluding hydrogens is 464 g/mol. The van der Waals surface area contributed by atoms with Crippen LogP contribution in [0.25, 0.3) is 0 Å². The maximum atomic E-state index is 13.6. The van der Waals surface area contributed by atoms with Gasteiger partial charge in [-0.05, 0) is 60.7 Å². The minimum Gasteiger partial charge on any atom is -0.497 e. The van der Waals surface area contributed by atoms with Gasteiger partial charge in [-0.25, -0.2) is 0 Å². The van der Waals surface area contributed by atoms with E-state index in [0.717, 1.165) is 34.6 Å². The molecule has 3 rings (SSSR count). The Labute approximate surface area is 220 Å². The number of hydrogen-bond donors (Lipinski definition) is 1. The Morgan fingerprint density at radius 3 is 2.27 bits per heavy atom. The number of nitrogens with one attached hydrogen (secondary N) is 1. The van der Waals surface area contributed by atoms with Crippen LogP contribution >= 0.6 is 0 Å². The lowest BCUT2D eigenvalue weighted by Gasteiger charge is -2.32. The second-order valence-corrected chi connectivity index (χ2v) is 9.07. The second kappa shape index (κ2) is 14.7. The number of nitrogens with zero attached hydrogens (tertiary/aromatic N) is 1. The number of aryl methyl sites for hydroxylation is 1. The second-order valence-electron chi connectivity index (χ2n) is 9.07. The fraction of sp³-hybridized carbons (Fsp3) is 0.355. The molecule has 6 nitrogen and oxygen atoms in total. The van der Waals surface area contributed by atoms with Crippen LogP contribution in [-0.4, -0.2) is 43.0 Å². The molecule has 0 saturated carbocycles. The molecule has 1 N–H and O–H groups in total. The van der Waals surface area contributed by atoms with Gasteiger partial charge in [0.1, 0.15) is 17.5 Å². The number of carbonyl (C=O) groups excluding carboxylic acids is 2. The molecule has 0 spiro atoms. The van der Waals surface area contributed by atoms with Crippen molar-refractivity contribution in [3.8, 4) is 11.5 Å². The zero-order chi connectivity index (χ0) is 26.5. The smallest absolute Gasteiger partial charge is 0.243 e. The van der Waals surface area contributed by atoms with Gasteiger partial charge in [-0.2, -0.15) is 0 Å². The Balaban J connectivity index is 1.76. The van der Waals surface area contributed by atoms with E-state index in [1.807, 2.05) is 92.7 Å². The summed E-state index contributed by atoms with van der Waals surface area (Å²) < 4.78 is 11.0. The number of benzene rings is 3. The maximum absolute atomic E-state index is 13.6. The molecule has 0 aliphatic carbocycles. The molecule has 0 heterocycles. The van der Waals surface area contributed by atoms with Crippen molar-refractivity contribution in [3.63, 3.8) is 0 Å². The lowest BCUT2D eigenvalue weighted by Crippen LogP contribution is -2.50. The van der Waals surface area contributed by atoms with Crippen molar-refractivity contribution in [1.82, 2.24) is 10.2 Å². The first kappa shape index (κ1) is 27.8. The number of amides is 2. The molecule has 37 heavy (non-hydrogen) atoms. The topological polar surface area (TPSA) is 67.9 Å². The minimum absolute atomic E-state index is 0.0610. The standard InChI is InChI=1S/C31H38N2O4/c1-4-20-32-31(35)29(22-25-12-6-5-7-13-25)33(23-26-14-9-8-11-24(26)2)30(34)15-10-21-37-28-18-16-27(36-3)17-19-28/h5-9,11-14,16-19,29H,4,10,15,20-23H2,1-3H3,(H,32,35). The number of hydrogen-bond acceptors (Lipinski definition) is 4. The van der Waals surface area contributed by atoms with Crippen molar-refractivity contribution in [2.24, 2.45) is 0 Å². The van der Waals surface area contributed by atoms with Crippen LogP contribution < -0.4 is 14.8 Å². The molecule has 196 valence electrons. The number of methoxy groups -OCH3 is 1. The first-order chi connectivity index (χ1) is 18.0. The third-order valence-electron chi connectivity index (χ3n) is 6.29.